The molecule has 0 heterocycles. The molecule has 0 spiro atoms. The molecule has 134 valence electrons. The second-order valence-corrected chi connectivity index (χ2v) is 8.18. The molecule has 0 aromatic heterocycles. The van der Waals surface area contributed by atoms with Crippen LogP contribution in [0, 0.1) is 5.82 Å². The van der Waals surface area contributed by atoms with E-state index in [-0.39, 0.29) is 5.82 Å². The van der Waals surface area contributed by atoms with E-state index < -0.39 is 10.8 Å². The minimum atomic E-state index is -0.714. The van der Waals surface area contributed by atoms with E-state index in [1.807, 2.05) is 6.92 Å². The highest BCUT2D eigenvalue weighted by Gasteiger charge is 2.25. The van der Waals surface area contributed by atoms with Gasteiger partial charge in [0.15, 0.2) is 5.96 Å². The topological polar surface area (TPSA) is 53.5 Å². The molecule has 24 heavy (non-hydrogen) atoms. The average molecular weight is 354 g/mol. The fourth-order valence-corrected chi connectivity index (χ4v) is 4.46. The second-order valence-electron chi connectivity index (χ2n) is 6.17. The van der Waals surface area contributed by atoms with Gasteiger partial charge < -0.3 is 10.6 Å². The van der Waals surface area contributed by atoms with Crippen molar-refractivity contribution in [1.82, 2.24) is 10.6 Å². The van der Waals surface area contributed by atoms with Crippen molar-refractivity contribution in [3.63, 3.8) is 0 Å². The summed E-state index contributed by atoms with van der Waals surface area (Å²) in [5.74, 6) is 1.31. The average Bonchev–Trinajstić information content (AvgIpc) is 2.62. The van der Waals surface area contributed by atoms with Crippen LogP contribution in [0.2, 0.25) is 0 Å². The number of halogens is 1. The van der Waals surface area contributed by atoms with E-state index in [9.17, 15) is 8.60 Å². The maximum absolute atomic E-state index is 12.9. The van der Waals surface area contributed by atoms with Gasteiger partial charge in [-0.15, -0.1) is 0 Å². The van der Waals surface area contributed by atoms with Crippen LogP contribution >= 0.6 is 0 Å². The molecule has 0 radical (unpaired) electrons. The monoisotopic (exact) mass is 353 g/mol. The Bertz CT molecular complexity index is 562. The largest absolute Gasteiger partial charge is 0.356 e. The third kappa shape index (κ3) is 5.89. The van der Waals surface area contributed by atoms with Gasteiger partial charge in [-0.25, -0.2) is 4.39 Å². The molecule has 1 aliphatic carbocycles. The molecule has 1 aliphatic rings. The molecule has 0 bridgehead atoms. The van der Waals surface area contributed by atoms with Crippen LogP contribution < -0.4 is 10.6 Å². The molecule has 3 atom stereocenters. The summed E-state index contributed by atoms with van der Waals surface area (Å²) in [6.07, 6.45) is 5.03. The van der Waals surface area contributed by atoms with Gasteiger partial charge in [-0.3, -0.25) is 9.20 Å². The first kappa shape index (κ1) is 18.9. The lowest BCUT2D eigenvalue weighted by molar-refractivity contribution is 0.413. The molecule has 0 saturated heterocycles. The Morgan fingerprint density at radius 3 is 2.75 bits per heavy atom. The van der Waals surface area contributed by atoms with Crippen LogP contribution in [0.5, 0.6) is 0 Å². The summed E-state index contributed by atoms with van der Waals surface area (Å²) in [6, 6.07) is 6.91. The number of guanidine groups is 1. The van der Waals surface area contributed by atoms with Gasteiger partial charge in [-0.1, -0.05) is 25.5 Å². The minimum Gasteiger partial charge on any atom is -0.356 e. The quantitative estimate of drug-likeness (QED) is 0.611. The molecule has 1 saturated carbocycles. The summed E-state index contributed by atoms with van der Waals surface area (Å²) in [7, 11) is 1.05. The number of aliphatic imine (C=N–C) groups is 1. The zero-order valence-corrected chi connectivity index (χ0v) is 15.4. The Kier molecular flexibility index (Phi) is 7.69. The molecule has 1 aromatic rings. The molecular weight excluding hydrogens is 325 g/mol. The van der Waals surface area contributed by atoms with Crippen molar-refractivity contribution in [2.24, 2.45) is 4.99 Å². The number of nitrogens with one attached hydrogen (secondary N) is 2. The lowest BCUT2D eigenvalue weighted by atomic mass is 9.95. The van der Waals surface area contributed by atoms with Crippen molar-refractivity contribution >= 4 is 16.8 Å². The number of benzene rings is 1. The minimum absolute atomic E-state index is 0.208. The van der Waals surface area contributed by atoms with Gasteiger partial charge >= 0.3 is 0 Å². The lowest BCUT2D eigenvalue weighted by Crippen LogP contribution is -2.47. The predicted octanol–water partition coefficient (Wildman–Crippen LogP) is 2.61. The Morgan fingerprint density at radius 1 is 1.33 bits per heavy atom. The van der Waals surface area contributed by atoms with Gasteiger partial charge in [-0.05, 0) is 43.4 Å². The highest BCUT2D eigenvalue weighted by Crippen LogP contribution is 2.22. The number of nitrogens with zero attached hydrogens (tertiary/aromatic N) is 1. The third-order valence-electron chi connectivity index (χ3n) is 4.47. The Morgan fingerprint density at radius 2 is 2.08 bits per heavy atom. The van der Waals surface area contributed by atoms with Crippen LogP contribution in [0.4, 0.5) is 4.39 Å². The highest BCUT2D eigenvalue weighted by molar-refractivity contribution is 7.85. The van der Waals surface area contributed by atoms with E-state index in [1.54, 1.807) is 19.2 Å². The van der Waals surface area contributed by atoms with E-state index in [0.29, 0.717) is 11.3 Å². The highest BCUT2D eigenvalue weighted by atomic mass is 32.2. The molecule has 6 heteroatoms. The number of hydrogen-bond donors (Lipinski definition) is 2. The normalized spacial score (nSPS) is 22.9. The fraction of sp³-hybridized carbons (Fsp3) is 0.611. The van der Waals surface area contributed by atoms with E-state index >= 15 is 0 Å². The molecule has 2 N–H and O–H groups in total. The van der Waals surface area contributed by atoms with Crippen LogP contribution in [0.25, 0.3) is 0 Å². The molecule has 3 unspecified atom stereocenters. The first-order valence-corrected chi connectivity index (χ1v) is 10.1. The molecule has 1 aromatic carbocycles. The first-order valence-electron chi connectivity index (χ1n) is 8.71. The summed E-state index contributed by atoms with van der Waals surface area (Å²) < 4.78 is 24.9. The van der Waals surface area contributed by atoms with Crippen molar-refractivity contribution in [1.29, 1.82) is 0 Å². The molecule has 4 nitrogen and oxygen atoms in total. The van der Waals surface area contributed by atoms with Crippen LogP contribution in [0.3, 0.4) is 0 Å². The van der Waals surface area contributed by atoms with E-state index in [2.05, 4.69) is 15.6 Å². The number of hydrogen-bond acceptors (Lipinski definition) is 2. The van der Waals surface area contributed by atoms with Gasteiger partial charge in [-0.2, -0.15) is 0 Å². The summed E-state index contributed by atoms with van der Waals surface area (Å²) in [5.41, 5.74) is 1.09. The van der Waals surface area contributed by atoms with Crippen molar-refractivity contribution in [3.8, 4) is 0 Å². The summed E-state index contributed by atoms with van der Waals surface area (Å²) >= 11 is 0. The van der Waals surface area contributed by atoms with Gasteiger partial charge in [0.1, 0.15) is 5.82 Å². The Hall–Kier alpha value is -1.43. The number of rotatable bonds is 6. The summed E-state index contributed by atoms with van der Waals surface area (Å²) in [6.45, 7) is 2.73. The van der Waals surface area contributed by atoms with Crippen LogP contribution in [0.1, 0.15) is 38.2 Å². The standard InChI is InChI=1S/C18H28FN3OS/c1-3-24(23)17-6-4-5-16(13-17)22-18(20-2)21-12-11-14-7-9-15(19)10-8-14/h7-10,16-17H,3-6,11-13H2,1-2H3,(H2,20,21,22). The van der Waals surface area contributed by atoms with Crippen molar-refractivity contribution in [3.05, 3.63) is 35.6 Å². The predicted molar refractivity (Wildman–Crippen MR) is 99.3 cm³/mol. The first-order chi connectivity index (χ1) is 11.6. The Balaban J connectivity index is 1.77. The van der Waals surface area contributed by atoms with Gasteiger partial charge in [0.2, 0.25) is 0 Å². The van der Waals surface area contributed by atoms with Gasteiger partial charge in [0.25, 0.3) is 0 Å². The van der Waals surface area contributed by atoms with Gasteiger partial charge in [0, 0.05) is 41.4 Å². The van der Waals surface area contributed by atoms with E-state index in [4.69, 9.17) is 0 Å². The molecule has 0 aliphatic heterocycles. The van der Waals surface area contributed by atoms with Crippen LogP contribution in [-0.4, -0.2) is 40.8 Å². The second kappa shape index (κ2) is 9.77. The Labute approximate surface area is 146 Å². The van der Waals surface area contributed by atoms with Crippen molar-refractivity contribution in [2.45, 2.75) is 50.3 Å². The zero-order chi connectivity index (χ0) is 17.4. The van der Waals surface area contributed by atoms with Crippen LogP contribution in [-0.2, 0) is 17.2 Å². The summed E-state index contributed by atoms with van der Waals surface area (Å²) in [5, 5.41) is 7.07. The molecule has 0 amide bonds. The van der Waals surface area contributed by atoms with E-state index in [1.165, 1.54) is 12.1 Å². The van der Waals surface area contributed by atoms with Crippen molar-refractivity contribution in [2.75, 3.05) is 19.3 Å². The fourth-order valence-electron chi connectivity index (χ4n) is 3.11. The smallest absolute Gasteiger partial charge is 0.191 e. The molecule has 2 rings (SSSR count). The summed E-state index contributed by atoms with van der Waals surface area (Å²) in [4.78, 5) is 4.28. The zero-order valence-electron chi connectivity index (χ0n) is 14.6. The maximum atomic E-state index is 12.9. The van der Waals surface area contributed by atoms with E-state index in [0.717, 1.165) is 55.9 Å². The molecule has 1 fully saturated rings. The SMILES string of the molecule is CCS(=O)C1CCCC(NC(=NC)NCCc2ccc(F)cc2)C1. The van der Waals surface area contributed by atoms with Crippen molar-refractivity contribution < 1.29 is 8.60 Å². The van der Waals surface area contributed by atoms with Crippen LogP contribution in [0.15, 0.2) is 29.3 Å². The van der Waals surface area contributed by atoms with Gasteiger partial charge in [0.05, 0.1) is 0 Å². The third-order valence-corrected chi connectivity index (χ3v) is 6.21. The maximum Gasteiger partial charge on any atom is 0.191 e. The lowest BCUT2D eigenvalue weighted by Gasteiger charge is -2.30. The molecular formula is C18H28FN3OS.